The summed E-state index contributed by atoms with van der Waals surface area (Å²) in [4.78, 5) is 23.3. The Bertz CT molecular complexity index is 203. The minimum Gasteiger partial charge on any atom is -0.384 e. The molecule has 0 aromatic carbocycles. The predicted octanol–water partition coefficient (Wildman–Crippen LogP) is -1.67. The smallest absolute Gasteiger partial charge is 0.251 e. The summed E-state index contributed by atoms with van der Waals surface area (Å²) in [7, 11) is 0. The second-order valence-corrected chi connectivity index (χ2v) is 2.79. The minimum atomic E-state index is -1.02. The second kappa shape index (κ2) is 3.53. The minimum absolute atomic E-state index is 0.0593. The Morgan fingerprint density at radius 1 is 1.75 bits per heavy atom. The summed E-state index contributed by atoms with van der Waals surface area (Å²) in [5, 5.41) is 11.5. The predicted molar refractivity (Wildman–Crippen MR) is 41.3 cm³/mol. The number of aliphatic hydroxyl groups excluding tert-OH is 1. The van der Waals surface area contributed by atoms with Gasteiger partial charge in [-0.15, -0.1) is 0 Å². The van der Waals surface area contributed by atoms with Crippen LogP contribution >= 0.6 is 0 Å². The van der Waals surface area contributed by atoms with E-state index in [0.29, 0.717) is 13.1 Å². The average molecular weight is 172 g/mol. The topological polar surface area (TPSA) is 69.6 Å². The van der Waals surface area contributed by atoms with E-state index in [4.69, 9.17) is 5.11 Å². The van der Waals surface area contributed by atoms with Crippen molar-refractivity contribution in [3.05, 3.63) is 0 Å². The Balaban J connectivity index is 2.51. The van der Waals surface area contributed by atoms with Crippen LogP contribution in [0.2, 0.25) is 0 Å². The lowest BCUT2D eigenvalue weighted by Gasteiger charge is -2.27. The van der Waals surface area contributed by atoms with Crippen molar-refractivity contribution in [1.82, 2.24) is 10.2 Å². The number of aliphatic hydroxyl groups is 1. The molecular formula is C7H12N2O3. The van der Waals surface area contributed by atoms with Gasteiger partial charge in [-0.05, 0) is 6.92 Å². The molecule has 68 valence electrons. The number of rotatable bonds is 1. The first-order valence-electron chi connectivity index (χ1n) is 3.85. The van der Waals surface area contributed by atoms with E-state index >= 15 is 0 Å². The first-order chi connectivity index (χ1) is 5.61. The third kappa shape index (κ3) is 1.94. The van der Waals surface area contributed by atoms with Crippen LogP contribution in [0, 0.1) is 0 Å². The van der Waals surface area contributed by atoms with E-state index < -0.39 is 6.10 Å². The van der Waals surface area contributed by atoms with Crippen LogP contribution in [0.25, 0.3) is 0 Å². The van der Waals surface area contributed by atoms with Gasteiger partial charge >= 0.3 is 0 Å². The van der Waals surface area contributed by atoms with E-state index in [-0.39, 0.29) is 18.4 Å². The first kappa shape index (κ1) is 8.99. The van der Waals surface area contributed by atoms with Crippen molar-refractivity contribution < 1.29 is 14.7 Å². The largest absolute Gasteiger partial charge is 0.384 e. The summed E-state index contributed by atoms with van der Waals surface area (Å²) >= 11 is 0. The molecule has 0 aromatic rings. The van der Waals surface area contributed by atoms with E-state index in [0.717, 1.165) is 0 Å². The molecular weight excluding hydrogens is 160 g/mol. The van der Waals surface area contributed by atoms with Crippen LogP contribution in [0.1, 0.15) is 6.92 Å². The van der Waals surface area contributed by atoms with E-state index in [9.17, 15) is 9.59 Å². The highest BCUT2D eigenvalue weighted by Crippen LogP contribution is 1.97. The summed E-state index contributed by atoms with van der Waals surface area (Å²) < 4.78 is 0. The summed E-state index contributed by atoms with van der Waals surface area (Å²) in [5.74, 6) is -0.555. The SMILES string of the molecule is C[C@H](O)C(=O)N1CCNC(=O)C1. The van der Waals surface area contributed by atoms with Crippen molar-refractivity contribution >= 4 is 11.8 Å². The Labute approximate surface area is 70.4 Å². The molecule has 0 radical (unpaired) electrons. The third-order valence-electron chi connectivity index (χ3n) is 1.71. The molecule has 1 heterocycles. The quantitative estimate of drug-likeness (QED) is 0.496. The van der Waals surface area contributed by atoms with E-state index in [1.165, 1.54) is 11.8 Å². The maximum Gasteiger partial charge on any atom is 0.251 e. The van der Waals surface area contributed by atoms with Crippen LogP contribution in [0.15, 0.2) is 0 Å². The van der Waals surface area contributed by atoms with Gasteiger partial charge < -0.3 is 15.3 Å². The third-order valence-corrected chi connectivity index (χ3v) is 1.71. The van der Waals surface area contributed by atoms with E-state index in [2.05, 4.69) is 5.32 Å². The molecule has 0 spiro atoms. The lowest BCUT2D eigenvalue weighted by atomic mass is 10.3. The molecule has 12 heavy (non-hydrogen) atoms. The standard InChI is InChI=1S/C7H12N2O3/c1-5(10)7(12)9-3-2-8-6(11)4-9/h5,10H,2-4H2,1H3,(H,8,11)/t5-/m0/s1. The van der Waals surface area contributed by atoms with Gasteiger partial charge in [-0.1, -0.05) is 0 Å². The van der Waals surface area contributed by atoms with Crippen LogP contribution in [0.5, 0.6) is 0 Å². The van der Waals surface area contributed by atoms with Crippen LogP contribution in [-0.2, 0) is 9.59 Å². The monoisotopic (exact) mass is 172 g/mol. The normalized spacial score (nSPS) is 20.2. The maximum atomic E-state index is 11.1. The molecule has 0 aromatic heterocycles. The average Bonchev–Trinajstić information content (AvgIpc) is 2.03. The number of piperazine rings is 1. The summed E-state index contributed by atoms with van der Waals surface area (Å²) in [6.45, 7) is 2.41. The van der Waals surface area contributed by atoms with Gasteiger partial charge in [0.2, 0.25) is 5.91 Å². The van der Waals surface area contributed by atoms with Gasteiger partial charge in [0.1, 0.15) is 6.10 Å². The van der Waals surface area contributed by atoms with Gasteiger partial charge in [-0.3, -0.25) is 9.59 Å². The van der Waals surface area contributed by atoms with Crippen molar-refractivity contribution in [2.75, 3.05) is 19.6 Å². The van der Waals surface area contributed by atoms with Crippen LogP contribution in [-0.4, -0.2) is 47.6 Å². The number of nitrogens with zero attached hydrogens (tertiary/aromatic N) is 1. The van der Waals surface area contributed by atoms with Gasteiger partial charge in [0.25, 0.3) is 5.91 Å². The fraction of sp³-hybridized carbons (Fsp3) is 0.714. The molecule has 1 rings (SSSR count). The Hall–Kier alpha value is -1.10. The van der Waals surface area contributed by atoms with Crippen LogP contribution in [0.3, 0.4) is 0 Å². The summed E-state index contributed by atoms with van der Waals surface area (Å²) in [5.41, 5.74) is 0. The Morgan fingerprint density at radius 2 is 2.42 bits per heavy atom. The van der Waals surface area contributed by atoms with Crippen molar-refractivity contribution in [3.63, 3.8) is 0 Å². The first-order valence-corrected chi connectivity index (χ1v) is 3.85. The van der Waals surface area contributed by atoms with Gasteiger partial charge in [0, 0.05) is 13.1 Å². The number of hydrogen-bond acceptors (Lipinski definition) is 3. The fourth-order valence-corrected chi connectivity index (χ4v) is 1.09. The molecule has 1 saturated heterocycles. The van der Waals surface area contributed by atoms with Gasteiger partial charge in [-0.2, -0.15) is 0 Å². The van der Waals surface area contributed by atoms with Crippen LogP contribution in [0.4, 0.5) is 0 Å². The summed E-state index contributed by atoms with van der Waals surface area (Å²) in [6.07, 6.45) is -1.02. The molecule has 2 N–H and O–H groups in total. The molecule has 1 aliphatic heterocycles. The number of amides is 2. The number of nitrogens with one attached hydrogen (secondary N) is 1. The van der Waals surface area contributed by atoms with Gasteiger partial charge in [0.05, 0.1) is 6.54 Å². The molecule has 1 fully saturated rings. The van der Waals surface area contributed by atoms with E-state index in [1.807, 2.05) is 0 Å². The highest BCUT2D eigenvalue weighted by molar-refractivity contribution is 5.87. The van der Waals surface area contributed by atoms with Crippen molar-refractivity contribution in [2.45, 2.75) is 13.0 Å². The zero-order valence-corrected chi connectivity index (χ0v) is 6.91. The number of carbonyl (C=O) groups is 2. The second-order valence-electron chi connectivity index (χ2n) is 2.79. The van der Waals surface area contributed by atoms with Gasteiger partial charge in [0.15, 0.2) is 0 Å². The van der Waals surface area contributed by atoms with Crippen LogP contribution < -0.4 is 5.32 Å². The molecule has 0 unspecified atom stereocenters. The van der Waals surface area contributed by atoms with E-state index in [1.54, 1.807) is 0 Å². The lowest BCUT2D eigenvalue weighted by molar-refractivity contribution is -0.144. The Kier molecular flexibility index (Phi) is 2.65. The highest BCUT2D eigenvalue weighted by atomic mass is 16.3. The number of carbonyl (C=O) groups excluding carboxylic acids is 2. The maximum absolute atomic E-state index is 11.1. The molecule has 1 aliphatic rings. The van der Waals surface area contributed by atoms with Crippen molar-refractivity contribution in [2.24, 2.45) is 0 Å². The molecule has 2 amide bonds. The molecule has 5 heteroatoms. The molecule has 0 saturated carbocycles. The molecule has 1 atom stereocenters. The zero-order chi connectivity index (χ0) is 9.14. The zero-order valence-electron chi connectivity index (χ0n) is 6.91. The van der Waals surface area contributed by atoms with Crippen molar-refractivity contribution in [3.8, 4) is 0 Å². The highest BCUT2D eigenvalue weighted by Gasteiger charge is 2.23. The summed E-state index contributed by atoms with van der Waals surface area (Å²) in [6, 6.07) is 0. The number of hydrogen-bond donors (Lipinski definition) is 2. The van der Waals surface area contributed by atoms with Gasteiger partial charge in [-0.25, -0.2) is 0 Å². The van der Waals surface area contributed by atoms with Crippen molar-refractivity contribution in [1.29, 1.82) is 0 Å². The fourth-order valence-electron chi connectivity index (χ4n) is 1.09. The molecule has 0 aliphatic carbocycles. The Morgan fingerprint density at radius 3 is 2.92 bits per heavy atom. The molecule has 5 nitrogen and oxygen atoms in total. The molecule has 0 bridgehead atoms. The lowest BCUT2D eigenvalue weighted by Crippen LogP contribution is -2.52.